The van der Waals surface area contributed by atoms with E-state index in [9.17, 15) is 13.2 Å². The Balaban J connectivity index is 2.23. The second-order valence-corrected chi connectivity index (χ2v) is 5.15. The van der Waals surface area contributed by atoms with Gasteiger partial charge in [0.05, 0.1) is 5.37 Å². The van der Waals surface area contributed by atoms with Gasteiger partial charge in [-0.05, 0) is 24.3 Å². The molecule has 1 saturated heterocycles. The van der Waals surface area contributed by atoms with E-state index in [2.05, 4.69) is 12.2 Å². The fourth-order valence-corrected chi connectivity index (χ4v) is 2.84. The molecule has 0 radical (unpaired) electrons. The molecule has 88 valence electrons. The first-order chi connectivity index (χ1) is 7.58. The van der Waals surface area contributed by atoms with Gasteiger partial charge in [-0.1, -0.05) is 6.92 Å². The molecule has 0 spiro atoms. The van der Waals surface area contributed by atoms with Gasteiger partial charge in [-0.3, -0.25) is 0 Å². The second kappa shape index (κ2) is 4.67. The molecular formula is C11H12F3NS. The van der Waals surface area contributed by atoms with E-state index in [0.29, 0.717) is 12.0 Å². The molecule has 1 aromatic rings. The van der Waals surface area contributed by atoms with Gasteiger partial charge in [0, 0.05) is 11.6 Å². The molecule has 0 saturated carbocycles. The predicted molar refractivity (Wildman–Crippen MR) is 58.7 cm³/mol. The third kappa shape index (κ3) is 2.35. The topological polar surface area (TPSA) is 12.0 Å². The van der Waals surface area contributed by atoms with Crippen LogP contribution in [-0.2, 0) is 0 Å². The van der Waals surface area contributed by atoms with Crippen LogP contribution in [-0.4, -0.2) is 12.3 Å². The van der Waals surface area contributed by atoms with Crippen LogP contribution >= 0.6 is 11.8 Å². The van der Waals surface area contributed by atoms with Crippen molar-refractivity contribution in [1.29, 1.82) is 0 Å². The van der Waals surface area contributed by atoms with Crippen LogP contribution in [0.25, 0.3) is 0 Å². The van der Waals surface area contributed by atoms with Gasteiger partial charge in [0.15, 0.2) is 11.6 Å². The molecule has 0 amide bonds. The van der Waals surface area contributed by atoms with Crippen molar-refractivity contribution in [3.05, 3.63) is 35.1 Å². The number of benzene rings is 1. The highest BCUT2D eigenvalue weighted by Gasteiger charge is 2.23. The van der Waals surface area contributed by atoms with E-state index < -0.39 is 17.5 Å². The molecular weight excluding hydrogens is 235 g/mol. The summed E-state index contributed by atoms with van der Waals surface area (Å²) in [6.07, 6.45) is 0. The minimum Gasteiger partial charge on any atom is -0.301 e. The molecule has 5 heteroatoms. The lowest BCUT2D eigenvalue weighted by Gasteiger charge is -2.27. The Morgan fingerprint density at radius 3 is 2.50 bits per heavy atom. The van der Waals surface area contributed by atoms with Crippen LogP contribution in [0.15, 0.2) is 12.1 Å². The van der Waals surface area contributed by atoms with Crippen LogP contribution in [0.4, 0.5) is 13.2 Å². The van der Waals surface area contributed by atoms with Crippen molar-refractivity contribution in [2.75, 3.05) is 12.3 Å². The summed E-state index contributed by atoms with van der Waals surface area (Å²) < 4.78 is 39.2. The molecule has 0 bridgehead atoms. The monoisotopic (exact) mass is 247 g/mol. The lowest BCUT2D eigenvalue weighted by molar-refractivity contribution is 0.477. The zero-order valence-corrected chi connectivity index (χ0v) is 9.58. The van der Waals surface area contributed by atoms with Gasteiger partial charge in [0.1, 0.15) is 5.82 Å². The number of hydrogen-bond acceptors (Lipinski definition) is 2. The maximum absolute atomic E-state index is 13.5. The summed E-state index contributed by atoms with van der Waals surface area (Å²) >= 11 is 1.51. The van der Waals surface area contributed by atoms with Crippen LogP contribution in [0.3, 0.4) is 0 Å². The fraction of sp³-hybridized carbons (Fsp3) is 0.455. The lowest BCUT2D eigenvalue weighted by Crippen LogP contribution is -2.31. The smallest absolute Gasteiger partial charge is 0.161 e. The molecule has 1 nitrogen and oxygen atoms in total. The second-order valence-electron chi connectivity index (χ2n) is 4.01. The SMILES string of the molecule is CC1CNC(c2cc(F)c(F)cc2F)SC1. The number of halogens is 3. The van der Waals surface area contributed by atoms with Gasteiger partial charge in [-0.25, -0.2) is 13.2 Å². The molecule has 1 aliphatic heterocycles. The van der Waals surface area contributed by atoms with E-state index in [4.69, 9.17) is 0 Å². The van der Waals surface area contributed by atoms with E-state index in [0.717, 1.165) is 18.4 Å². The predicted octanol–water partition coefficient (Wildman–Crippen LogP) is 3.08. The average molecular weight is 247 g/mol. The maximum Gasteiger partial charge on any atom is 0.161 e. The molecule has 2 rings (SSSR count). The van der Waals surface area contributed by atoms with E-state index in [1.807, 2.05) is 0 Å². The fourth-order valence-electron chi connectivity index (χ4n) is 1.63. The Bertz CT molecular complexity index is 389. The van der Waals surface area contributed by atoms with Crippen molar-refractivity contribution in [2.45, 2.75) is 12.3 Å². The van der Waals surface area contributed by atoms with Gasteiger partial charge in [0.2, 0.25) is 0 Å². The zero-order chi connectivity index (χ0) is 11.7. The number of hydrogen-bond donors (Lipinski definition) is 1. The summed E-state index contributed by atoms with van der Waals surface area (Å²) in [7, 11) is 0. The van der Waals surface area contributed by atoms with Crippen LogP contribution in [0.1, 0.15) is 17.9 Å². The maximum atomic E-state index is 13.5. The first-order valence-electron chi connectivity index (χ1n) is 5.07. The van der Waals surface area contributed by atoms with E-state index in [-0.39, 0.29) is 10.9 Å². The Labute approximate surface area is 96.4 Å². The summed E-state index contributed by atoms with van der Waals surface area (Å²) in [4.78, 5) is 0. The van der Waals surface area contributed by atoms with E-state index >= 15 is 0 Å². The number of rotatable bonds is 1. The van der Waals surface area contributed by atoms with E-state index in [1.165, 1.54) is 11.8 Å². The van der Waals surface area contributed by atoms with Crippen LogP contribution in [0, 0.1) is 23.4 Å². The van der Waals surface area contributed by atoms with Crippen LogP contribution < -0.4 is 5.32 Å². The minimum atomic E-state index is -1.14. The minimum absolute atomic E-state index is 0.191. The summed E-state index contributed by atoms with van der Waals surface area (Å²) in [6.45, 7) is 2.84. The van der Waals surface area contributed by atoms with Crippen molar-refractivity contribution >= 4 is 11.8 Å². The third-order valence-corrected chi connectivity index (χ3v) is 4.04. The van der Waals surface area contributed by atoms with Gasteiger partial charge in [0.25, 0.3) is 0 Å². The average Bonchev–Trinajstić information content (AvgIpc) is 2.25. The first kappa shape index (κ1) is 11.8. The molecule has 1 fully saturated rings. The third-order valence-electron chi connectivity index (χ3n) is 2.52. The molecule has 2 unspecified atom stereocenters. The molecule has 16 heavy (non-hydrogen) atoms. The summed E-state index contributed by atoms with van der Waals surface area (Å²) in [6, 6.07) is 1.54. The normalized spacial score (nSPS) is 25.8. The zero-order valence-electron chi connectivity index (χ0n) is 8.77. The summed E-state index contributed by atoms with van der Waals surface area (Å²) in [5, 5.41) is 2.82. The molecule has 1 aromatic carbocycles. The highest BCUT2D eigenvalue weighted by atomic mass is 32.2. The van der Waals surface area contributed by atoms with Gasteiger partial charge < -0.3 is 5.32 Å². The van der Waals surface area contributed by atoms with E-state index in [1.54, 1.807) is 0 Å². The Morgan fingerprint density at radius 1 is 1.19 bits per heavy atom. The van der Waals surface area contributed by atoms with Gasteiger partial charge in [-0.2, -0.15) is 0 Å². The largest absolute Gasteiger partial charge is 0.301 e. The molecule has 0 aromatic heterocycles. The van der Waals surface area contributed by atoms with Crippen molar-refractivity contribution in [1.82, 2.24) is 5.32 Å². The van der Waals surface area contributed by atoms with Crippen molar-refractivity contribution in [3.63, 3.8) is 0 Å². The molecule has 0 aliphatic carbocycles. The molecule has 1 aliphatic rings. The highest BCUT2D eigenvalue weighted by molar-refractivity contribution is 7.99. The number of nitrogens with one attached hydrogen (secondary N) is 1. The van der Waals surface area contributed by atoms with Gasteiger partial charge in [-0.15, -0.1) is 11.8 Å². The Kier molecular flexibility index (Phi) is 3.44. The van der Waals surface area contributed by atoms with Crippen molar-refractivity contribution in [2.24, 2.45) is 5.92 Å². The van der Waals surface area contributed by atoms with Crippen molar-refractivity contribution in [3.8, 4) is 0 Å². The van der Waals surface area contributed by atoms with Crippen LogP contribution in [0.5, 0.6) is 0 Å². The van der Waals surface area contributed by atoms with Gasteiger partial charge >= 0.3 is 0 Å². The lowest BCUT2D eigenvalue weighted by atomic mass is 10.1. The Hall–Kier alpha value is -0.680. The first-order valence-corrected chi connectivity index (χ1v) is 6.12. The van der Waals surface area contributed by atoms with Crippen LogP contribution in [0.2, 0.25) is 0 Å². The standard InChI is InChI=1S/C11H12F3NS/c1-6-4-15-11(16-5-6)7-2-9(13)10(14)3-8(7)12/h2-3,6,11,15H,4-5H2,1H3. The molecule has 1 heterocycles. The highest BCUT2D eigenvalue weighted by Crippen LogP contribution is 2.33. The molecule has 1 N–H and O–H groups in total. The number of thioether (sulfide) groups is 1. The Morgan fingerprint density at radius 2 is 1.88 bits per heavy atom. The molecule has 2 atom stereocenters. The summed E-state index contributed by atoms with van der Waals surface area (Å²) in [5.41, 5.74) is 0.191. The summed E-state index contributed by atoms with van der Waals surface area (Å²) in [5.74, 6) is -1.45. The van der Waals surface area contributed by atoms with Crippen molar-refractivity contribution < 1.29 is 13.2 Å². The quantitative estimate of drug-likeness (QED) is 0.765.